The first-order chi connectivity index (χ1) is 10.3. The summed E-state index contributed by atoms with van der Waals surface area (Å²) in [6.45, 7) is 7.27. The van der Waals surface area contributed by atoms with Crippen LogP contribution in [-0.4, -0.2) is 35.6 Å². The second kappa shape index (κ2) is 6.37. The average Bonchev–Trinajstić information content (AvgIpc) is 2.54. The van der Waals surface area contributed by atoms with Gasteiger partial charge >= 0.3 is 0 Å². The third kappa shape index (κ3) is 3.17. The third-order valence-electron chi connectivity index (χ3n) is 5.28. The minimum absolute atomic E-state index is 0.0285. The number of aliphatic hydroxyl groups is 1. The summed E-state index contributed by atoms with van der Waals surface area (Å²) >= 11 is 0. The van der Waals surface area contributed by atoms with Gasteiger partial charge in [-0.2, -0.15) is 0 Å². The first kappa shape index (κ1) is 16.9. The number of hydrogen-bond donors (Lipinski definition) is 1. The van der Waals surface area contributed by atoms with Crippen molar-refractivity contribution in [2.24, 2.45) is 5.41 Å². The van der Waals surface area contributed by atoms with Gasteiger partial charge < -0.3 is 10.0 Å². The molecule has 1 heterocycles. The van der Waals surface area contributed by atoms with E-state index in [1.807, 2.05) is 18.7 Å². The summed E-state index contributed by atoms with van der Waals surface area (Å²) in [6.07, 6.45) is 2.58. The van der Waals surface area contributed by atoms with Gasteiger partial charge in [0.05, 0.1) is 5.41 Å². The molecule has 1 N–H and O–H groups in total. The van der Waals surface area contributed by atoms with Gasteiger partial charge in [-0.3, -0.25) is 4.79 Å². The lowest BCUT2D eigenvalue weighted by Crippen LogP contribution is -2.50. The van der Waals surface area contributed by atoms with E-state index in [1.54, 1.807) is 12.1 Å². The molecule has 1 fully saturated rings. The molecule has 0 radical (unpaired) electrons. The van der Waals surface area contributed by atoms with Crippen LogP contribution >= 0.6 is 0 Å². The summed E-state index contributed by atoms with van der Waals surface area (Å²) in [5.74, 6) is -0.289. The maximum absolute atomic E-state index is 13.4. The lowest BCUT2D eigenvalue weighted by atomic mass is 9.76. The van der Waals surface area contributed by atoms with E-state index in [9.17, 15) is 14.3 Å². The van der Waals surface area contributed by atoms with Gasteiger partial charge in [-0.05, 0) is 56.2 Å². The lowest BCUT2D eigenvalue weighted by molar-refractivity contribution is -0.139. The van der Waals surface area contributed by atoms with Crippen molar-refractivity contribution in [3.05, 3.63) is 35.6 Å². The molecule has 0 aliphatic carbocycles. The van der Waals surface area contributed by atoms with Gasteiger partial charge in [0, 0.05) is 19.7 Å². The van der Waals surface area contributed by atoms with E-state index in [0.717, 1.165) is 19.3 Å². The van der Waals surface area contributed by atoms with Crippen molar-refractivity contribution >= 4 is 5.91 Å². The maximum atomic E-state index is 13.4. The van der Waals surface area contributed by atoms with Crippen LogP contribution in [0.2, 0.25) is 0 Å². The molecule has 2 rings (SSSR count). The summed E-state index contributed by atoms with van der Waals surface area (Å²) in [4.78, 5) is 14.7. The van der Waals surface area contributed by atoms with E-state index in [4.69, 9.17) is 0 Å². The summed E-state index contributed by atoms with van der Waals surface area (Å²) in [7, 11) is 0. The fourth-order valence-electron chi connectivity index (χ4n) is 3.20. The number of likely N-dealkylation sites (tertiary alicyclic amines) is 1. The SMILES string of the molecule is CCC1(CO)CCN(C(=O)C(C)(C)c2cccc(F)c2)CC1. The predicted octanol–water partition coefficient (Wildman–Crippen LogP) is 3.11. The van der Waals surface area contributed by atoms with Gasteiger partial charge in [-0.1, -0.05) is 19.1 Å². The number of carbonyl (C=O) groups is 1. The molecule has 4 heteroatoms. The molecule has 122 valence electrons. The Kier molecular flexibility index (Phi) is 4.90. The van der Waals surface area contributed by atoms with Crippen molar-refractivity contribution < 1.29 is 14.3 Å². The number of piperidine rings is 1. The second-order valence-electron chi connectivity index (χ2n) is 6.94. The molecule has 1 aromatic carbocycles. The molecule has 1 aromatic rings. The van der Waals surface area contributed by atoms with Crippen molar-refractivity contribution in [1.29, 1.82) is 0 Å². The van der Waals surface area contributed by atoms with E-state index >= 15 is 0 Å². The first-order valence-electron chi connectivity index (χ1n) is 8.01. The van der Waals surface area contributed by atoms with Crippen LogP contribution in [0.25, 0.3) is 0 Å². The van der Waals surface area contributed by atoms with Crippen molar-refractivity contribution in [1.82, 2.24) is 4.90 Å². The monoisotopic (exact) mass is 307 g/mol. The Morgan fingerprint density at radius 1 is 1.36 bits per heavy atom. The van der Waals surface area contributed by atoms with Crippen LogP contribution in [0.15, 0.2) is 24.3 Å². The van der Waals surface area contributed by atoms with Gasteiger partial charge in [0.1, 0.15) is 5.82 Å². The highest BCUT2D eigenvalue weighted by Gasteiger charge is 2.39. The largest absolute Gasteiger partial charge is 0.396 e. The number of carbonyl (C=O) groups excluding carboxylic acids is 1. The fraction of sp³-hybridized carbons (Fsp3) is 0.611. The summed E-state index contributed by atoms with van der Waals surface area (Å²) in [6, 6.07) is 6.27. The molecule has 0 aromatic heterocycles. The zero-order valence-corrected chi connectivity index (χ0v) is 13.7. The molecular weight excluding hydrogens is 281 g/mol. The molecule has 1 amide bonds. The molecule has 0 bridgehead atoms. The highest BCUT2D eigenvalue weighted by Crippen LogP contribution is 2.36. The zero-order valence-electron chi connectivity index (χ0n) is 13.7. The quantitative estimate of drug-likeness (QED) is 0.928. The molecule has 0 spiro atoms. The smallest absolute Gasteiger partial charge is 0.232 e. The standard InChI is InChI=1S/C18H26FNO2/c1-4-18(13-21)8-10-20(11-9-18)16(22)17(2,3)14-6-5-7-15(19)12-14/h5-7,12,21H,4,8-11,13H2,1-3H3. The third-order valence-corrected chi connectivity index (χ3v) is 5.28. The van der Waals surface area contributed by atoms with Crippen LogP contribution in [0, 0.1) is 11.2 Å². The molecule has 22 heavy (non-hydrogen) atoms. The predicted molar refractivity (Wildman–Crippen MR) is 85.0 cm³/mol. The van der Waals surface area contributed by atoms with Crippen LogP contribution in [-0.2, 0) is 10.2 Å². The number of halogens is 1. The van der Waals surface area contributed by atoms with E-state index in [1.165, 1.54) is 12.1 Å². The Hall–Kier alpha value is -1.42. The molecule has 3 nitrogen and oxygen atoms in total. The molecule has 1 aliphatic heterocycles. The maximum Gasteiger partial charge on any atom is 0.232 e. The highest BCUT2D eigenvalue weighted by atomic mass is 19.1. The van der Waals surface area contributed by atoms with E-state index < -0.39 is 5.41 Å². The number of aliphatic hydroxyl groups excluding tert-OH is 1. The number of rotatable bonds is 4. The molecule has 1 saturated heterocycles. The van der Waals surface area contributed by atoms with Crippen molar-refractivity contribution in [2.75, 3.05) is 19.7 Å². The Morgan fingerprint density at radius 3 is 2.50 bits per heavy atom. The minimum Gasteiger partial charge on any atom is -0.396 e. The van der Waals surface area contributed by atoms with Gasteiger partial charge in [0.25, 0.3) is 0 Å². The summed E-state index contributed by atoms with van der Waals surface area (Å²) < 4.78 is 13.4. The van der Waals surface area contributed by atoms with Crippen molar-refractivity contribution in [2.45, 2.75) is 45.4 Å². The number of benzene rings is 1. The Labute approximate surface area is 132 Å². The second-order valence-corrected chi connectivity index (χ2v) is 6.94. The molecule has 1 aliphatic rings. The van der Waals surface area contributed by atoms with Crippen LogP contribution in [0.5, 0.6) is 0 Å². The summed E-state index contributed by atoms with van der Waals surface area (Å²) in [5, 5.41) is 9.59. The molecule has 0 saturated carbocycles. The van der Waals surface area contributed by atoms with Crippen LogP contribution in [0.1, 0.15) is 45.6 Å². The molecule has 0 unspecified atom stereocenters. The van der Waals surface area contributed by atoms with Gasteiger partial charge in [0.15, 0.2) is 0 Å². The number of amides is 1. The number of hydrogen-bond acceptors (Lipinski definition) is 2. The Morgan fingerprint density at radius 2 is 2.00 bits per heavy atom. The van der Waals surface area contributed by atoms with Gasteiger partial charge in [-0.15, -0.1) is 0 Å². The van der Waals surface area contributed by atoms with Crippen molar-refractivity contribution in [3.8, 4) is 0 Å². The normalized spacial score (nSPS) is 18.3. The number of nitrogens with zero attached hydrogens (tertiary/aromatic N) is 1. The minimum atomic E-state index is -0.743. The lowest BCUT2D eigenvalue weighted by Gasteiger charge is -2.42. The Bertz CT molecular complexity index is 528. The van der Waals surface area contributed by atoms with Crippen LogP contribution < -0.4 is 0 Å². The first-order valence-corrected chi connectivity index (χ1v) is 8.01. The van der Waals surface area contributed by atoms with E-state index in [2.05, 4.69) is 6.92 Å². The van der Waals surface area contributed by atoms with Gasteiger partial charge in [-0.25, -0.2) is 4.39 Å². The van der Waals surface area contributed by atoms with Crippen LogP contribution in [0.4, 0.5) is 4.39 Å². The topological polar surface area (TPSA) is 40.5 Å². The van der Waals surface area contributed by atoms with E-state index in [-0.39, 0.29) is 23.7 Å². The summed E-state index contributed by atoms with van der Waals surface area (Å²) in [5.41, 5.74) is -0.0835. The van der Waals surface area contributed by atoms with E-state index in [0.29, 0.717) is 18.7 Å². The Balaban J connectivity index is 2.12. The molecule has 0 atom stereocenters. The van der Waals surface area contributed by atoms with Crippen LogP contribution in [0.3, 0.4) is 0 Å². The van der Waals surface area contributed by atoms with Gasteiger partial charge in [0.2, 0.25) is 5.91 Å². The highest BCUT2D eigenvalue weighted by molar-refractivity contribution is 5.87. The zero-order chi connectivity index (χ0) is 16.4. The fourth-order valence-corrected chi connectivity index (χ4v) is 3.20. The molecular formula is C18H26FNO2. The van der Waals surface area contributed by atoms with Crippen molar-refractivity contribution in [3.63, 3.8) is 0 Å². The average molecular weight is 307 g/mol.